The number of nitrogens with zero attached hydrogens (tertiary/aromatic N) is 2. The van der Waals surface area contributed by atoms with Gasteiger partial charge in [-0.05, 0) is 54.9 Å². The van der Waals surface area contributed by atoms with Crippen molar-refractivity contribution in [3.8, 4) is 5.75 Å². The summed E-state index contributed by atoms with van der Waals surface area (Å²) in [5, 5.41) is 12.7. The van der Waals surface area contributed by atoms with E-state index < -0.39 is 17.4 Å². The molecule has 1 heterocycles. The van der Waals surface area contributed by atoms with Crippen molar-refractivity contribution in [1.29, 1.82) is 0 Å². The summed E-state index contributed by atoms with van der Waals surface area (Å²) in [5.74, 6) is -0.0384. The van der Waals surface area contributed by atoms with Crippen LogP contribution < -0.4 is 5.32 Å². The fourth-order valence-electron chi connectivity index (χ4n) is 6.54. The average molecular weight is 478 g/mol. The maximum atomic E-state index is 13.6. The Hall–Kier alpha value is -2.22. The number of hydrogen-bond acceptors (Lipinski definition) is 4. The maximum Gasteiger partial charge on any atom is 0.242 e. The fraction of sp³-hybridized carbons (Fsp3) is 0.692. The minimum atomic E-state index is -0.973. The number of amides is 2. The van der Waals surface area contributed by atoms with Gasteiger partial charge in [0.05, 0.1) is 6.54 Å². The Balaban J connectivity index is 1.18. The summed E-state index contributed by atoms with van der Waals surface area (Å²) in [6, 6.07) is 1.79. The van der Waals surface area contributed by atoms with Gasteiger partial charge in [0.25, 0.3) is 0 Å². The first-order valence-corrected chi connectivity index (χ1v) is 12.6. The molecule has 6 nitrogen and oxygen atoms in total. The van der Waals surface area contributed by atoms with E-state index >= 15 is 0 Å². The molecule has 2 amide bonds. The van der Waals surface area contributed by atoms with Gasteiger partial charge in [-0.15, -0.1) is 0 Å². The number of rotatable bonds is 7. The normalized spacial score (nSPS) is 29.3. The lowest BCUT2D eigenvalue weighted by molar-refractivity contribution is -0.134. The summed E-state index contributed by atoms with van der Waals surface area (Å²) in [4.78, 5) is 28.9. The zero-order chi connectivity index (χ0) is 24.5. The monoisotopic (exact) mass is 477 g/mol. The molecular weight excluding hydrogens is 440 g/mol. The quantitative estimate of drug-likeness (QED) is 0.629. The van der Waals surface area contributed by atoms with Crippen LogP contribution in [-0.4, -0.2) is 59.4 Å². The van der Waals surface area contributed by atoms with E-state index in [2.05, 4.69) is 19.2 Å². The maximum absolute atomic E-state index is 13.6. The minimum absolute atomic E-state index is 0.00439. The molecule has 3 aliphatic rings. The van der Waals surface area contributed by atoms with Crippen molar-refractivity contribution in [3.63, 3.8) is 0 Å². The van der Waals surface area contributed by atoms with Gasteiger partial charge in [-0.1, -0.05) is 20.3 Å². The lowest BCUT2D eigenvalue weighted by atomic mass is 9.81. The summed E-state index contributed by atoms with van der Waals surface area (Å²) >= 11 is 0. The average Bonchev–Trinajstić information content (AvgIpc) is 3.30. The van der Waals surface area contributed by atoms with Crippen LogP contribution >= 0.6 is 0 Å². The Kier molecular flexibility index (Phi) is 7.45. The molecule has 1 aromatic carbocycles. The zero-order valence-corrected chi connectivity index (χ0v) is 20.3. The predicted molar refractivity (Wildman–Crippen MR) is 125 cm³/mol. The van der Waals surface area contributed by atoms with Crippen molar-refractivity contribution < 1.29 is 23.5 Å². The number of hydrogen-bond donors (Lipinski definition) is 2. The van der Waals surface area contributed by atoms with E-state index in [1.165, 1.54) is 19.3 Å². The first kappa shape index (κ1) is 24.9. The van der Waals surface area contributed by atoms with Gasteiger partial charge in [0.1, 0.15) is 5.82 Å². The summed E-state index contributed by atoms with van der Waals surface area (Å²) < 4.78 is 27.0. The number of carbonyl (C=O) groups is 2. The number of aromatic hydroxyl groups is 1. The SMILES string of the molecule is CCC1CC2CC(C)(CC(=O)NCC(=O)N3CCN(Cc4cc(F)cc(F)c4O)CC3)CC2C1. The smallest absolute Gasteiger partial charge is 0.242 e. The standard InChI is InChI=1S/C26H37F2N3O3/c1-3-17-8-18-12-26(2,13-19(18)9-17)14-23(32)29-15-24(33)31-6-4-30(5-7-31)16-20-10-21(27)11-22(28)25(20)34/h10-11,17-19,34H,3-9,12-16H2,1-2H3,(H,29,32). The molecule has 1 aliphatic heterocycles. The second-order valence-corrected chi connectivity index (χ2v) is 11.0. The number of benzene rings is 1. The summed E-state index contributed by atoms with van der Waals surface area (Å²) in [6.07, 6.45) is 6.57. The Morgan fingerprint density at radius 2 is 1.76 bits per heavy atom. The van der Waals surface area contributed by atoms with E-state index in [0.29, 0.717) is 38.7 Å². The predicted octanol–water partition coefficient (Wildman–Crippen LogP) is 3.67. The van der Waals surface area contributed by atoms with E-state index in [0.717, 1.165) is 36.7 Å². The molecule has 2 N–H and O–H groups in total. The van der Waals surface area contributed by atoms with E-state index in [4.69, 9.17) is 0 Å². The molecule has 34 heavy (non-hydrogen) atoms. The lowest BCUT2D eigenvalue weighted by Gasteiger charge is -2.35. The third kappa shape index (κ3) is 5.70. The summed E-state index contributed by atoms with van der Waals surface area (Å²) in [5.41, 5.74) is 0.230. The topological polar surface area (TPSA) is 72.9 Å². The third-order valence-corrected chi connectivity index (χ3v) is 8.28. The Morgan fingerprint density at radius 3 is 2.38 bits per heavy atom. The van der Waals surface area contributed by atoms with E-state index in [1.54, 1.807) is 4.90 Å². The molecule has 8 heteroatoms. The number of phenols is 1. The number of carbonyl (C=O) groups excluding carboxylic acids is 2. The van der Waals surface area contributed by atoms with Gasteiger partial charge in [0.15, 0.2) is 11.6 Å². The van der Waals surface area contributed by atoms with E-state index in [1.807, 2.05) is 4.90 Å². The fourth-order valence-corrected chi connectivity index (χ4v) is 6.54. The highest BCUT2D eigenvalue weighted by molar-refractivity contribution is 5.85. The highest BCUT2D eigenvalue weighted by Gasteiger charge is 2.47. The highest BCUT2D eigenvalue weighted by Crippen LogP contribution is 2.56. The van der Waals surface area contributed by atoms with Crippen LogP contribution in [0.4, 0.5) is 8.78 Å². The number of phenolic OH excluding ortho intramolecular Hbond substituents is 1. The van der Waals surface area contributed by atoms with Gasteiger partial charge in [-0.25, -0.2) is 8.78 Å². The van der Waals surface area contributed by atoms with Gasteiger partial charge in [0, 0.05) is 50.8 Å². The highest BCUT2D eigenvalue weighted by atomic mass is 19.1. The molecular formula is C26H37F2N3O3. The summed E-state index contributed by atoms with van der Waals surface area (Å²) in [6.45, 7) is 6.67. The third-order valence-electron chi connectivity index (χ3n) is 8.28. The molecule has 188 valence electrons. The minimum Gasteiger partial charge on any atom is -0.505 e. The zero-order valence-electron chi connectivity index (χ0n) is 20.3. The largest absolute Gasteiger partial charge is 0.505 e. The van der Waals surface area contributed by atoms with Crippen LogP contribution in [0.2, 0.25) is 0 Å². The van der Waals surface area contributed by atoms with Crippen molar-refractivity contribution in [3.05, 3.63) is 29.3 Å². The second-order valence-electron chi connectivity index (χ2n) is 11.0. The van der Waals surface area contributed by atoms with Crippen molar-refractivity contribution in [1.82, 2.24) is 15.1 Å². The molecule has 0 bridgehead atoms. The number of piperazine rings is 1. The molecule has 1 aromatic rings. The van der Waals surface area contributed by atoms with Gasteiger partial charge in [0.2, 0.25) is 11.8 Å². The van der Waals surface area contributed by atoms with Crippen molar-refractivity contribution in [2.75, 3.05) is 32.7 Å². The lowest BCUT2D eigenvalue weighted by Crippen LogP contribution is -2.51. The number of fused-ring (bicyclic) bond motifs is 1. The van der Waals surface area contributed by atoms with Crippen LogP contribution in [0, 0.1) is 34.8 Å². The van der Waals surface area contributed by atoms with Crippen molar-refractivity contribution >= 4 is 11.8 Å². The van der Waals surface area contributed by atoms with Gasteiger partial charge < -0.3 is 15.3 Å². The molecule has 1 saturated heterocycles. The molecule has 0 radical (unpaired) electrons. The molecule has 3 fully saturated rings. The van der Waals surface area contributed by atoms with Crippen molar-refractivity contribution in [2.45, 2.75) is 58.9 Å². The van der Waals surface area contributed by atoms with Gasteiger partial charge in [-0.3, -0.25) is 14.5 Å². The van der Waals surface area contributed by atoms with Crippen molar-refractivity contribution in [2.24, 2.45) is 23.2 Å². The van der Waals surface area contributed by atoms with Crippen LogP contribution in [0.15, 0.2) is 12.1 Å². The Bertz CT molecular complexity index is 903. The van der Waals surface area contributed by atoms with E-state index in [-0.39, 0.29) is 35.9 Å². The van der Waals surface area contributed by atoms with Crippen LogP contribution in [0.3, 0.4) is 0 Å². The number of halogens is 2. The molecule has 2 atom stereocenters. The molecule has 0 spiro atoms. The molecule has 4 rings (SSSR count). The van der Waals surface area contributed by atoms with Crippen LogP contribution in [0.5, 0.6) is 5.75 Å². The van der Waals surface area contributed by atoms with Gasteiger partial charge in [-0.2, -0.15) is 0 Å². The molecule has 0 aromatic heterocycles. The van der Waals surface area contributed by atoms with Gasteiger partial charge >= 0.3 is 0 Å². The Morgan fingerprint density at radius 1 is 1.12 bits per heavy atom. The molecule has 2 saturated carbocycles. The van der Waals surface area contributed by atoms with Crippen LogP contribution in [0.1, 0.15) is 57.9 Å². The summed E-state index contributed by atoms with van der Waals surface area (Å²) in [7, 11) is 0. The number of nitrogens with one attached hydrogen (secondary N) is 1. The van der Waals surface area contributed by atoms with E-state index in [9.17, 15) is 23.5 Å². The van der Waals surface area contributed by atoms with Crippen LogP contribution in [0.25, 0.3) is 0 Å². The first-order valence-electron chi connectivity index (χ1n) is 12.6. The molecule has 2 aliphatic carbocycles. The molecule has 2 unspecified atom stereocenters. The first-order chi connectivity index (χ1) is 16.2. The second kappa shape index (κ2) is 10.2. The van der Waals surface area contributed by atoms with Crippen LogP contribution in [-0.2, 0) is 16.1 Å². The Labute approximate surface area is 200 Å².